The van der Waals surface area contributed by atoms with Gasteiger partial charge in [0, 0.05) is 25.7 Å². The number of hydrogen-bond acceptors (Lipinski definition) is 5. The van der Waals surface area contributed by atoms with Crippen molar-refractivity contribution in [3.8, 4) is 0 Å². The normalized spacial score (nSPS) is 14.1. The average Bonchev–Trinajstić information content (AvgIpc) is 3.10. The summed E-state index contributed by atoms with van der Waals surface area (Å²) in [6, 6.07) is 8.95. The molecule has 0 saturated carbocycles. The van der Waals surface area contributed by atoms with E-state index in [1.165, 1.54) is 11.1 Å². The largest absolute Gasteiger partial charge is 0.368 e. The Balaban J connectivity index is 1.76. The molecule has 1 aliphatic heterocycles. The Kier molecular flexibility index (Phi) is 4.49. The fraction of sp³-hybridized carbons (Fsp3) is 0.450. The smallest absolute Gasteiger partial charge is 0.229 e. The highest BCUT2D eigenvalue weighted by Gasteiger charge is 2.21. The zero-order valence-electron chi connectivity index (χ0n) is 15.7. The summed E-state index contributed by atoms with van der Waals surface area (Å²) in [4.78, 5) is 16.6. The maximum absolute atomic E-state index is 4.90. The maximum Gasteiger partial charge on any atom is 0.229 e. The highest BCUT2D eigenvalue weighted by atomic mass is 15.3. The molecule has 1 aromatic carbocycles. The predicted octanol–water partition coefficient (Wildman–Crippen LogP) is 3.79. The molecule has 1 N–H and O–H groups in total. The van der Waals surface area contributed by atoms with Crippen LogP contribution in [-0.2, 0) is 13.0 Å². The van der Waals surface area contributed by atoms with Crippen molar-refractivity contribution in [1.29, 1.82) is 0 Å². The van der Waals surface area contributed by atoms with Gasteiger partial charge in [0.2, 0.25) is 5.95 Å². The van der Waals surface area contributed by atoms with Gasteiger partial charge in [-0.1, -0.05) is 31.2 Å². The quantitative estimate of drug-likeness (QED) is 0.758. The monoisotopic (exact) mass is 350 g/mol. The molecule has 0 bridgehead atoms. The van der Waals surface area contributed by atoms with Crippen LogP contribution in [0.25, 0.3) is 11.2 Å². The number of aromatic nitrogens is 4. The minimum absolute atomic E-state index is 0.309. The topological polar surface area (TPSA) is 58.9 Å². The van der Waals surface area contributed by atoms with E-state index in [9.17, 15) is 0 Å². The number of hydrogen-bond donors (Lipinski definition) is 1. The number of imidazole rings is 1. The molecule has 6 nitrogen and oxygen atoms in total. The van der Waals surface area contributed by atoms with Crippen molar-refractivity contribution in [2.75, 3.05) is 23.3 Å². The van der Waals surface area contributed by atoms with Crippen molar-refractivity contribution >= 4 is 22.9 Å². The fourth-order valence-electron chi connectivity index (χ4n) is 3.46. The summed E-state index contributed by atoms with van der Waals surface area (Å²) in [6.07, 6.45) is 3.94. The molecule has 0 unspecified atom stereocenters. The van der Waals surface area contributed by atoms with E-state index in [0.29, 0.717) is 6.04 Å². The van der Waals surface area contributed by atoms with E-state index in [4.69, 9.17) is 9.97 Å². The van der Waals surface area contributed by atoms with Crippen LogP contribution in [0.1, 0.15) is 44.4 Å². The van der Waals surface area contributed by atoms with Gasteiger partial charge in [0.1, 0.15) is 0 Å². The minimum atomic E-state index is 0.309. The van der Waals surface area contributed by atoms with Crippen LogP contribution in [0.5, 0.6) is 0 Å². The van der Waals surface area contributed by atoms with E-state index < -0.39 is 0 Å². The summed E-state index contributed by atoms with van der Waals surface area (Å²) >= 11 is 0. The van der Waals surface area contributed by atoms with E-state index in [0.717, 1.165) is 55.4 Å². The lowest BCUT2D eigenvalue weighted by atomic mass is 10.0. The molecule has 0 atom stereocenters. The second kappa shape index (κ2) is 6.94. The average molecular weight is 350 g/mol. The van der Waals surface area contributed by atoms with Crippen LogP contribution < -0.4 is 10.2 Å². The maximum atomic E-state index is 4.90. The number of benzene rings is 1. The number of rotatable bonds is 5. The molecular formula is C20H26N6. The van der Waals surface area contributed by atoms with E-state index in [1.54, 1.807) is 0 Å². The van der Waals surface area contributed by atoms with Crippen molar-refractivity contribution < 1.29 is 0 Å². The highest BCUT2D eigenvalue weighted by Crippen LogP contribution is 2.27. The van der Waals surface area contributed by atoms with Crippen molar-refractivity contribution in [2.24, 2.45) is 0 Å². The van der Waals surface area contributed by atoms with Gasteiger partial charge in [-0.25, -0.2) is 4.98 Å². The van der Waals surface area contributed by atoms with E-state index in [1.807, 2.05) is 6.33 Å². The predicted molar refractivity (Wildman–Crippen MR) is 106 cm³/mol. The summed E-state index contributed by atoms with van der Waals surface area (Å²) < 4.78 is 2.12. The number of anilines is 2. The van der Waals surface area contributed by atoms with Crippen LogP contribution in [0.3, 0.4) is 0 Å². The Bertz CT molecular complexity index is 914. The summed E-state index contributed by atoms with van der Waals surface area (Å²) in [5.41, 5.74) is 4.56. The first kappa shape index (κ1) is 16.8. The zero-order valence-corrected chi connectivity index (χ0v) is 15.7. The fourth-order valence-corrected chi connectivity index (χ4v) is 3.46. The molecule has 136 valence electrons. The van der Waals surface area contributed by atoms with Crippen molar-refractivity contribution in [3.63, 3.8) is 0 Å². The lowest BCUT2D eigenvalue weighted by Gasteiger charge is -2.29. The van der Waals surface area contributed by atoms with Gasteiger partial charge in [-0.05, 0) is 37.8 Å². The third-order valence-electron chi connectivity index (χ3n) is 4.92. The van der Waals surface area contributed by atoms with Crippen LogP contribution in [0.4, 0.5) is 11.8 Å². The van der Waals surface area contributed by atoms with Crippen molar-refractivity contribution in [1.82, 2.24) is 19.5 Å². The molecule has 0 radical (unpaired) electrons. The van der Waals surface area contributed by atoms with E-state index in [-0.39, 0.29) is 0 Å². The van der Waals surface area contributed by atoms with Crippen LogP contribution in [0.2, 0.25) is 0 Å². The van der Waals surface area contributed by atoms with Gasteiger partial charge in [-0.3, -0.25) is 0 Å². The molecule has 1 aliphatic rings. The number of nitrogens with one attached hydrogen (secondary N) is 1. The summed E-state index contributed by atoms with van der Waals surface area (Å²) in [7, 11) is 0. The molecule has 4 rings (SSSR count). The molecule has 3 aromatic rings. The molecule has 3 heterocycles. The molecular weight excluding hydrogens is 324 g/mol. The summed E-state index contributed by atoms with van der Waals surface area (Å²) in [5.74, 6) is 1.62. The first-order valence-electron chi connectivity index (χ1n) is 9.47. The van der Waals surface area contributed by atoms with Crippen molar-refractivity contribution in [2.45, 2.75) is 46.2 Å². The lowest BCUT2D eigenvalue weighted by Crippen LogP contribution is -2.32. The van der Waals surface area contributed by atoms with Gasteiger partial charge >= 0.3 is 0 Å². The van der Waals surface area contributed by atoms with Crippen LogP contribution >= 0.6 is 0 Å². The van der Waals surface area contributed by atoms with Crippen LogP contribution in [0, 0.1) is 0 Å². The second-order valence-electron chi connectivity index (χ2n) is 7.16. The molecule has 26 heavy (non-hydrogen) atoms. The standard InChI is InChI=1S/C20H26N6/c1-4-10-21-18-17-19(26(13-22-17)14(2)3)24-20(23-18)25-11-9-15-7-5-6-8-16(15)12-25/h5-8,13-14H,4,9-12H2,1-3H3,(H,21,23,24). The Hall–Kier alpha value is -2.63. The Labute approximate surface area is 154 Å². The third-order valence-corrected chi connectivity index (χ3v) is 4.92. The van der Waals surface area contributed by atoms with Gasteiger partial charge in [-0.15, -0.1) is 0 Å². The highest BCUT2D eigenvalue weighted by molar-refractivity contribution is 5.84. The molecule has 2 aromatic heterocycles. The summed E-state index contributed by atoms with van der Waals surface area (Å²) in [5, 5.41) is 3.43. The number of fused-ring (bicyclic) bond motifs is 2. The Morgan fingerprint density at radius 2 is 1.96 bits per heavy atom. The minimum Gasteiger partial charge on any atom is -0.368 e. The first-order valence-corrected chi connectivity index (χ1v) is 9.47. The zero-order chi connectivity index (χ0) is 18.1. The second-order valence-corrected chi connectivity index (χ2v) is 7.16. The molecule has 0 fully saturated rings. The van der Waals surface area contributed by atoms with Gasteiger partial charge in [0.15, 0.2) is 17.0 Å². The van der Waals surface area contributed by atoms with Crippen LogP contribution in [0.15, 0.2) is 30.6 Å². The SMILES string of the molecule is CCCNc1nc(N2CCc3ccccc3C2)nc2c1ncn2C(C)C. The summed E-state index contributed by atoms with van der Waals surface area (Å²) in [6.45, 7) is 9.12. The van der Waals surface area contributed by atoms with Crippen LogP contribution in [-0.4, -0.2) is 32.6 Å². The molecule has 0 saturated heterocycles. The van der Waals surface area contributed by atoms with Gasteiger partial charge in [0.25, 0.3) is 0 Å². The van der Waals surface area contributed by atoms with Crippen molar-refractivity contribution in [3.05, 3.63) is 41.7 Å². The first-order chi connectivity index (χ1) is 12.7. The molecule has 0 aliphatic carbocycles. The third kappa shape index (κ3) is 3.00. The molecule has 0 spiro atoms. The Morgan fingerprint density at radius 3 is 2.73 bits per heavy atom. The lowest BCUT2D eigenvalue weighted by molar-refractivity contribution is 0.611. The van der Waals surface area contributed by atoms with E-state index >= 15 is 0 Å². The molecule has 6 heteroatoms. The Morgan fingerprint density at radius 1 is 1.15 bits per heavy atom. The van der Waals surface area contributed by atoms with E-state index in [2.05, 4.69) is 64.8 Å². The molecule has 0 amide bonds. The van der Waals surface area contributed by atoms with Gasteiger partial charge in [0.05, 0.1) is 6.33 Å². The van der Waals surface area contributed by atoms with Gasteiger partial charge in [-0.2, -0.15) is 9.97 Å². The van der Waals surface area contributed by atoms with Gasteiger partial charge < -0.3 is 14.8 Å². The number of nitrogens with zero attached hydrogens (tertiary/aromatic N) is 5.